The number of carbonyl (C=O) groups is 1. The molecule has 0 spiro atoms. The number of furan rings is 1. The molecule has 0 saturated heterocycles. The Balaban J connectivity index is 1.46. The summed E-state index contributed by atoms with van der Waals surface area (Å²) in [4.78, 5) is 14.2. The summed E-state index contributed by atoms with van der Waals surface area (Å²) in [5.41, 5.74) is 1.26. The number of fused-ring (bicyclic) bond motifs is 2. The monoisotopic (exact) mass is 397 g/mol. The lowest BCUT2D eigenvalue weighted by Gasteiger charge is -2.20. The van der Waals surface area contributed by atoms with Gasteiger partial charge in [0, 0.05) is 18.0 Å². The molecule has 0 saturated carbocycles. The maximum Gasteiger partial charge on any atom is 0.285 e. The SMILES string of the molecule is C[C@H](NC(=O)CN(C)C1=NS(=O)(=O)c2ccccc21)c1cc2ccccc2o1. The number of likely N-dealkylation sites (N-methyl/N-ethyl adjacent to an activating group) is 1. The van der Waals surface area contributed by atoms with Crippen molar-refractivity contribution in [2.45, 2.75) is 17.9 Å². The van der Waals surface area contributed by atoms with Crippen LogP contribution in [0.1, 0.15) is 24.3 Å². The summed E-state index contributed by atoms with van der Waals surface area (Å²) < 4.78 is 34.0. The Bertz CT molecular complexity index is 1160. The minimum absolute atomic E-state index is 0.0345. The van der Waals surface area contributed by atoms with Crippen LogP contribution in [-0.2, 0) is 14.8 Å². The Morgan fingerprint density at radius 1 is 1.18 bits per heavy atom. The van der Waals surface area contributed by atoms with Gasteiger partial charge < -0.3 is 14.6 Å². The lowest BCUT2D eigenvalue weighted by Crippen LogP contribution is -2.39. The third kappa shape index (κ3) is 3.27. The molecular weight excluding hydrogens is 378 g/mol. The van der Waals surface area contributed by atoms with Gasteiger partial charge in [0.2, 0.25) is 5.91 Å². The molecule has 1 aliphatic heterocycles. The van der Waals surface area contributed by atoms with Crippen molar-refractivity contribution in [3.63, 3.8) is 0 Å². The second-order valence-corrected chi connectivity index (χ2v) is 8.29. The zero-order valence-corrected chi connectivity index (χ0v) is 16.2. The number of para-hydroxylation sites is 1. The maximum atomic E-state index is 12.5. The molecule has 2 aromatic carbocycles. The predicted molar refractivity (Wildman–Crippen MR) is 106 cm³/mol. The Labute approximate surface area is 162 Å². The molecule has 0 aliphatic carbocycles. The van der Waals surface area contributed by atoms with Crippen LogP contribution in [0.25, 0.3) is 11.0 Å². The van der Waals surface area contributed by atoms with Crippen molar-refractivity contribution < 1.29 is 17.6 Å². The van der Waals surface area contributed by atoms with Crippen LogP contribution >= 0.6 is 0 Å². The van der Waals surface area contributed by atoms with Crippen molar-refractivity contribution in [1.82, 2.24) is 10.2 Å². The van der Waals surface area contributed by atoms with Crippen LogP contribution in [0.4, 0.5) is 0 Å². The van der Waals surface area contributed by atoms with Gasteiger partial charge in [-0.05, 0) is 31.2 Å². The fourth-order valence-corrected chi connectivity index (χ4v) is 4.48. The lowest BCUT2D eigenvalue weighted by molar-refractivity contribution is -0.122. The van der Waals surface area contributed by atoms with Crippen LogP contribution in [0.5, 0.6) is 0 Å². The van der Waals surface area contributed by atoms with Crippen LogP contribution in [0.15, 0.2) is 68.3 Å². The molecule has 4 rings (SSSR count). The fourth-order valence-electron chi connectivity index (χ4n) is 3.23. The van der Waals surface area contributed by atoms with Gasteiger partial charge in [-0.15, -0.1) is 4.40 Å². The first-order chi connectivity index (χ1) is 13.3. The Hall–Kier alpha value is -3.13. The van der Waals surface area contributed by atoms with E-state index in [4.69, 9.17) is 4.42 Å². The first-order valence-corrected chi connectivity index (χ1v) is 10.2. The van der Waals surface area contributed by atoms with E-state index in [1.54, 1.807) is 25.2 Å². The van der Waals surface area contributed by atoms with E-state index in [2.05, 4.69) is 9.71 Å². The molecule has 0 unspecified atom stereocenters. The Morgan fingerprint density at radius 2 is 1.89 bits per heavy atom. The number of benzene rings is 2. The maximum absolute atomic E-state index is 12.5. The van der Waals surface area contributed by atoms with Crippen molar-refractivity contribution in [3.8, 4) is 0 Å². The summed E-state index contributed by atoms with van der Waals surface area (Å²) in [6, 6.07) is 15.8. The van der Waals surface area contributed by atoms with E-state index in [1.165, 1.54) is 11.0 Å². The third-order valence-corrected chi connectivity index (χ3v) is 5.93. The van der Waals surface area contributed by atoms with Gasteiger partial charge in [-0.1, -0.05) is 30.3 Å². The van der Waals surface area contributed by atoms with E-state index in [-0.39, 0.29) is 29.2 Å². The Morgan fingerprint density at radius 3 is 2.68 bits per heavy atom. The molecule has 8 heteroatoms. The molecule has 1 aliphatic rings. The number of nitrogens with one attached hydrogen (secondary N) is 1. The smallest absolute Gasteiger partial charge is 0.285 e. The molecule has 0 fully saturated rings. The lowest BCUT2D eigenvalue weighted by atomic mass is 10.2. The quantitative estimate of drug-likeness (QED) is 0.731. The summed E-state index contributed by atoms with van der Waals surface area (Å²) in [7, 11) is -2.08. The summed E-state index contributed by atoms with van der Waals surface area (Å²) >= 11 is 0. The number of nitrogens with zero attached hydrogens (tertiary/aromatic N) is 2. The van der Waals surface area contributed by atoms with Gasteiger partial charge in [-0.25, -0.2) is 0 Å². The number of sulfonamides is 1. The van der Waals surface area contributed by atoms with Gasteiger partial charge in [-0.2, -0.15) is 8.42 Å². The molecule has 7 nitrogen and oxygen atoms in total. The van der Waals surface area contributed by atoms with Gasteiger partial charge in [0.15, 0.2) is 5.84 Å². The van der Waals surface area contributed by atoms with Crippen LogP contribution in [0.3, 0.4) is 0 Å². The van der Waals surface area contributed by atoms with Crippen LogP contribution < -0.4 is 5.32 Å². The number of amides is 1. The highest BCUT2D eigenvalue weighted by Gasteiger charge is 2.31. The average molecular weight is 397 g/mol. The summed E-state index contributed by atoms with van der Waals surface area (Å²) in [5.74, 6) is 0.658. The van der Waals surface area contributed by atoms with E-state index in [1.807, 2.05) is 37.3 Å². The number of hydrogen-bond donors (Lipinski definition) is 1. The van der Waals surface area contributed by atoms with Crippen molar-refractivity contribution in [1.29, 1.82) is 0 Å². The van der Waals surface area contributed by atoms with E-state index in [0.717, 1.165) is 11.0 Å². The van der Waals surface area contributed by atoms with Crippen molar-refractivity contribution in [3.05, 3.63) is 65.9 Å². The number of hydrogen-bond acceptors (Lipinski definition) is 5. The molecule has 28 heavy (non-hydrogen) atoms. The fraction of sp³-hybridized carbons (Fsp3) is 0.200. The molecule has 144 valence electrons. The molecule has 1 atom stereocenters. The van der Waals surface area contributed by atoms with Gasteiger partial charge >= 0.3 is 0 Å². The van der Waals surface area contributed by atoms with E-state index in [9.17, 15) is 13.2 Å². The van der Waals surface area contributed by atoms with Gasteiger partial charge in [0.25, 0.3) is 10.0 Å². The van der Waals surface area contributed by atoms with Crippen LogP contribution in [-0.4, -0.2) is 38.7 Å². The second kappa shape index (κ2) is 6.79. The van der Waals surface area contributed by atoms with E-state index >= 15 is 0 Å². The number of carbonyl (C=O) groups excluding carboxylic acids is 1. The second-order valence-electron chi connectivity index (χ2n) is 6.72. The average Bonchev–Trinajstić information content (AvgIpc) is 3.21. The number of amidine groups is 1. The molecule has 1 aromatic heterocycles. The highest BCUT2D eigenvalue weighted by Crippen LogP contribution is 2.27. The zero-order chi connectivity index (χ0) is 19.9. The van der Waals surface area contributed by atoms with Gasteiger partial charge in [-0.3, -0.25) is 4.79 Å². The van der Waals surface area contributed by atoms with E-state index in [0.29, 0.717) is 11.3 Å². The highest BCUT2D eigenvalue weighted by atomic mass is 32.2. The Kier molecular flexibility index (Phi) is 4.43. The predicted octanol–water partition coefficient (Wildman–Crippen LogP) is 2.69. The summed E-state index contributed by atoms with van der Waals surface area (Å²) in [6.45, 7) is 1.80. The highest BCUT2D eigenvalue weighted by molar-refractivity contribution is 7.90. The molecule has 1 amide bonds. The minimum atomic E-state index is -3.72. The standard InChI is InChI=1S/C20H19N3O4S/c1-13(17-11-14-7-3-5-9-16(14)27-17)21-19(24)12-23(2)20-15-8-4-6-10-18(15)28(25,26)22-20/h3-11,13H,12H2,1-2H3,(H,21,24)/t13-/m0/s1. The zero-order valence-electron chi connectivity index (χ0n) is 15.4. The van der Waals surface area contributed by atoms with Crippen LogP contribution in [0.2, 0.25) is 0 Å². The summed E-state index contributed by atoms with van der Waals surface area (Å²) in [6.07, 6.45) is 0. The summed E-state index contributed by atoms with van der Waals surface area (Å²) in [5, 5.41) is 3.85. The topological polar surface area (TPSA) is 92.0 Å². The first-order valence-electron chi connectivity index (χ1n) is 8.78. The number of rotatable bonds is 4. The third-order valence-electron chi connectivity index (χ3n) is 4.60. The molecule has 0 bridgehead atoms. The first kappa shape index (κ1) is 18.2. The normalized spacial score (nSPS) is 15.7. The van der Waals surface area contributed by atoms with Crippen molar-refractivity contribution in [2.75, 3.05) is 13.6 Å². The van der Waals surface area contributed by atoms with Crippen molar-refractivity contribution in [2.24, 2.45) is 4.40 Å². The van der Waals surface area contributed by atoms with Gasteiger partial charge in [0.05, 0.1) is 12.6 Å². The van der Waals surface area contributed by atoms with E-state index < -0.39 is 10.0 Å². The van der Waals surface area contributed by atoms with Crippen LogP contribution in [0, 0.1) is 0 Å². The van der Waals surface area contributed by atoms with Crippen molar-refractivity contribution >= 4 is 32.7 Å². The molecule has 1 N–H and O–H groups in total. The minimum Gasteiger partial charge on any atom is -0.459 e. The van der Waals surface area contributed by atoms with Gasteiger partial charge in [0.1, 0.15) is 16.2 Å². The molecule has 0 radical (unpaired) electrons. The molecule has 2 heterocycles. The molecular formula is C20H19N3O4S. The molecule has 3 aromatic rings. The largest absolute Gasteiger partial charge is 0.459 e.